The summed E-state index contributed by atoms with van der Waals surface area (Å²) in [6, 6.07) is 18.2. The lowest BCUT2D eigenvalue weighted by atomic mass is 10.1. The van der Waals surface area contributed by atoms with Crippen LogP contribution in [0.5, 0.6) is 11.5 Å². The molecule has 5 nitrogen and oxygen atoms in total. The van der Waals surface area contributed by atoms with Gasteiger partial charge in [0.1, 0.15) is 24.3 Å². The van der Waals surface area contributed by atoms with E-state index in [2.05, 4.69) is 6.07 Å². The van der Waals surface area contributed by atoms with Crippen LogP contribution in [-0.4, -0.2) is 6.61 Å². The Kier molecular flexibility index (Phi) is 6.18. The molecule has 0 fully saturated rings. The molecule has 0 spiro atoms. The molecule has 25 heavy (non-hydrogen) atoms. The first-order chi connectivity index (χ1) is 12.2. The van der Waals surface area contributed by atoms with Crippen LogP contribution in [0, 0.1) is 34.0 Å². The van der Waals surface area contributed by atoms with Gasteiger partial charge >= 0.3 is 0 Å². The van der Waals surface area contributed by atoms with Gasteiger partial charge in [-0.1, -0.05) is 24.3 Å². The minimum Gasteiger partial charge on any atom is -0.490 e. The number of rotatable bonds is 6. The van der Waals surface area contributed by atoms with E-state index < -0.39 is 0 Å². The molecule has 0 bridgehead atoms. The third kappa shape index (κ3) is 4.61. The minimum absolute atomic E-state index is 0.0130. The fourth-order valence-corrected chi connectivity index (χ4v) is 2.17. The maximum absolute atomic E-state index is 9.13. The van der Waals surface area contributed by atoms with E-state index in [-0.39, 0.29) is 12.2 Å². The van der Waals surface area contributed by atoms with Gasteiger partial charge in [-0.2, -0.15) is 15.8 Å². The molecule has 0 aliphatic heterocycles. The number of hydrogen-bond acceptors (Lipinski definition) is 5. The van der Waals surface area contributed by atoms with E-state index >= 15 is 0 Å². The van der Waals surface area contributed by atoms with Crippen molar-refractivity contribution >= 4 is 6.08 Å². The zero-order chi connectivity index (χ0) is 18.1. The number of allylic oxidation sites excluding steroid dienone is 1. The van der Waals surface area contributed by atoms with E-state index in [1.165, 1.54) is 6.08 Å². The van der Waals surface area contributed by atoms with Crippen molar-refractivity contribution < 1.29 is 9.47 Å². The van der Waals surface area contributed by atoms with Crippen LogP contribution in [0.1, 0.15) is 23.6 Å². The average Bonchev–Trinajstić information content (AvgIpc) is 2.65. The van der Waals surface area contributed by atoms with Crippen LogP contribution in [0.15, 0.2) is 48.0 Å². The lowest BCUT2D eigenvalue weighted by molar-refractivity contribution is 0.269. The molecule has 0 unspecified atom stereocenters. The molecule has 0 amide bonds. The van der Waals surface area contributed by atoms with Gasteiger partial charge in [-0.15, -0.1) is 0 Å². The van der Waals surface area contributed by atoms with E-state index in [0.717, 1.165) is 5.56 Å². The van der Waals surface area contributed by atoms with Gasteiger partial charge in [0, 0.05) is 5.56 Å². The maximum Gasteiger partial charge on any atom is 0.161 e. The topological polar surface area (TPSA) is 89.8 Å². The van der Waals surface area contributed by atoms with Crippen molar-refractivity contribution in [3.8, 4) is 29.7 Å². The van der Waals surface area contributed by atoms with Crippen LogP contribution < -0.4 is 9.47 Å². The van der Waals surface area contributed by atoms with E-state index in [1.54, 1.807) is 30.3 Å². The minimum atomic E-state index is 0.0130. The van der Waals surface area contributed by atoms with Crippen LogP contribution >= 0.6 is 0 Å². The summed E-state index contributed by atoms with van der Waals surface area (Å²) >= 11 is 0. The fourth-order valence-electron chi connectivity index (χ4n) is 2.17. The molecule has 0 N–H and O–H groups in total. The van der Waals surface area contributed by atoms with Crippen molar-refractivity contribution in [3.05, 3.63) is 64.7 Å². The van der Waals surface area contributed by atoms with Crippen molar-refractivity contribution in [1.82, 2.24) is 0 Å². The molecule has 0 saturated carbocycles. The van der Waals surface area contributed by atoms with Gasteiger partial charge in [-0.3, -0.25) is 0 Å². The number of nitriles is 3. The van der Waals surface area contributed by atoms with Crippen LogP contribution in [0.25, 0.3) is 6.08 Å². The van der Waals surface area contributed by atoms with Crippen LogP contribution in [-0.2, 0) is 6.61 Å². The number of hydrogen-bond donors (Lipinski definition) is 0. The molecule has 0 aliphatic carbocycles. The summed E-state index contributed by atoms with van der Waals surface area (Å²) in [5.41, 5.74) is 2.03. The molecule has 0 saturated heterocycles. The molecule has 0 atom stereocenters. The largest absolute Gasteiger partial charge is 0.490 e. The quantitative estimate of drug-likeness (QED) is 0.748. The standard InChI is InChI=1S/C20H15N3O2/c1-2-24-20-10-15(9-16(11-21)12-22)7-8-19(20)25-14-18-6-4-3-5-17(18)13-23/h3-10H,2,14H2,1H3. The number of benzene rings is 2. The second-order valence-corrected chi connectivity index (χ2v) is 4.98. The van der Waals surface area contributed by atoms with Gasteiger partial charge in [0.25, 0.3) is 0 Å². The highest BCUT2D eigenvalue weighted by Crippen LogP contribution is 2.30. The summed E-state index contributed by atoms with van der Waals surface area (Å²) in [5.74, 6) is 1.04. The summed E-state index contributed by atoms with van der Waals surface area (Å²) in [4.78, 5) is 0. The van der Waals surface area contributed by atoms with E-state index in [1.807, 2.05) is 31.2 Å². The summed E-state index contributed by atoms with van der Waals surface area (Å²) in [7, 11) is 0. The Bertz CT molecular complexity index is 896. The zero-order valence-electron chi connectivity index (χ0n) is 13.7. The summed E-state index contributed by atoms with van der Waals surface area (Å²) < 4.78 is 11.4. The van der Waals surface area contributed by atoms with Gasteiger partial charge < -0.3 is 9.47 Å². The predicted octanol–water partition coefficient (Wildman–Crippen LogP) is 3.97. The Morgan fingerprint density at radius 2 is 1.76 bits per heavy atom. The van der Waals surface area contributed by atoms with Crippen molar-refractivity contribution in [3.63, 3.8) is 0 Å². The first kappa shape index (κ1) is 17.6. The molecule has 0 heterocycles. The highest BCUT2D eigenvalue weighted by Gasteiger charge is 2.08. The van der Waals surface area contributed by atoms with Crippen molar-refractivity contribution in [2.24, 2.45) is 0 Å². The molecule has 122 valence electrons. The van der Waals surface area contributed by atoms with Crippen molar-refractivity contribution in [2.75, 3.05) is 6.61 Å². The summed E-state index contributed by atoms with van der Waals surface area (Å²) in [5, 5.41) is 26.8. The monoisotopic (exact) mass is 329 g/mol. The van der Waals surface area contributed by atoms with Crippen molar-refractivity contribution in [2.45, 2.75) is 13.5 Å². The second kappa shape index (κ2) is 8.77. The van der Waals surface area contributed by atoms with Gasteiger partial charge in [-0.25, -0.2) is 0 Å². The molecule has 2 aromatic carbocycles. The Hall–Kier alpha value is -3.75. The zero-order valence-corrected chi connectivity index (χ0v) is 13.7. The highest BCUT2D eigenvalue weighted by molar-refractivity contribution is 5.64. The highest BCUT2D eigenvalue weighted by atomic mass is 16.5. The maximum atomic E-state index is 9.13. The summed E-state index contributed by atoms with van der Waals surface area (Å²) in [6.45, 7) is 2.54. The fraction of sp³-hybridized carbons (Fsp3) is 0.150. The first-order valence-electron chi connectivity index (χ1n) is 7.61. The van der Waals surface area contributed by atoms with Gasteiger partial charge in [0.05, 0.1) is 18.2 Å². The van der Waals surface area contributed by atoms with Crippen LogP contribution in [0.4, 0.5) is 0 Å². The molecule has 2 rings (SSSR count). The Morgan fingerprint density at radius 1 is 1.00 bits per heavy atom. The van der Waals surface area contributed by atoms with Gasteiger partial charge in [0.2, 0.25) is 0 Å². The second-order valence-electron chi connectivity index (χ2n) is 4.98. The Balaban J connectivity index is 2.26. The SMILES string of the molecule is CCOc1cc(C=C(C#N)C#N)ccc1OCc1ccccc1C#N. The van der Waals surface area contributed by atoms with Crippen LogP contribution in [0.3, 0.4) is 0 Å². The predicted molar refractivity (Wildman–Crippen MR) is 92.3 cm³/mol. The average molecular weight is 329 g/mol. The number of nitrogens with zero attached hydrogens (tertiary/aromatic N) is 3. The molecule has 0 aromatic heterocycles. The lowest BCUT2D eigenvalue weighted by Gasteiger charge is -2.13. The molecule has 2 aromatic rings. The van der Waals surface area contributed by atoms with Crippen LogP contribution in [0.2, 0.25) is 0 Å². The molecule has 0 radical (unpaired) electrons. The number of ether oxygens (including phenoxy) is 2. The lowest BCUT2D eigenvalue weighted by Crippen LogP contribution is -2.01. The van der Waals surface area contributed by atoms with E-state index in [4.69, 9.17) is 25.3 Å². The van der Waals surface area contributed by atoms with Gasteiger partial charge in [-0.05, 0) is 36.8 Å². The molecular weight excluding hydrogens is 314 g/mol. The Morgan fingerprint density at radius 3 is 2.44 bits per heavy atom. The first-order valence-corrected chi connectivity index (χ1v) is 7.61. The summed E-state index contributed by atoms with van der Waals surface area (Å²) in [6.07, 6.45) is 1.48. The smallest absolute Gasteiger partial charge is 0.161 e. The van der Waals surface area contributed by atoms with E-state index in [9.17, 15) is 0 Å². The normalized spacial score (nSPS) is 9.20. The molecule has 0 aliphatic rings. The molecule has 5 heteroatoms. The third-order valence-electron chi connectivity index (χ3n) is 3.34. The Labute approximate surface area is 146 Å². The molecular formula is C20H15N3O2. The van der Waals surface area contributed by atoms with Gasteiger partial charge in [0.15, 0.2) is 11.5 Å². The van der Waals surface area contributed by atoms with Crippen molar-refractivity contribution in [1.29, 1.82) is 15.8 Å². The third-order valence-corrected chi connectivity index (χ3v) is 3.34. The van der Waals surface area contributed by atoms with E-state index in [0.29, 0.717) is 29.2 Å².